The Balaban J connectivity index is 2.02. The Morgan fingerprint density at radius 1 is 0.840 bits per heavy atom. The van der Waals surface area contributed by atoms with Gasteiger partial charge >= 0.3 is 0 Å². The van der Waals surface area contributed by atoms with E-state index >= 15 is 0 Å². The molecule has 0 saturated carbocycles. The van der Waals surface area contributed by atoms with E-state index in [2.05, 4.69) is 87.5 Å². The van der Waals surface area contributed by atoms with Crippen LogP contribution < -0.4 is 15.3 Å². The zero-order chi connectivity index (χ0) is 17.4. The predicted molar refractivity (Wildman–Crippen MR) is 109 cm³/mol. The minimum absolute atomic E-state index is 0.412. The number of hydrogen-bond donors (Lipinski definition) is 0. The van der Waals surface area contributed by atoms with Crippen molar-refractivity contribution in [2.75, 3.05) is 6.16 Å². The van der Waals surface area contributed by atoms with E-state index < -0.39 is 7.92 Å². The standard InChI is InChI=1S/C23H23OP/c1-4-25-21-13-9-8-12-19(21)24-20-15-14-18(16(2)3)22(23(20)25)17-10-6-5-7-11-17/h5-16H,4H2,1-3H3. The fraction of sp³-hybridized carbons (Fsp3) is 0.217. The van der Waals surface area contributed by atoms with Gasteiger partial charge in [0.15, 0.2) is 0 Å². The molecule has 1 heterocycles. The molecule has 0 saturated heterocycles. The average molecular weight is 346 g/mol. The first-order valence-electron chi connectivity index (χ1n) is 8.97. The first-order valence-corrected chi connectivity index (χ1v) is 10.5. The third-order valence-electron chi connectivity index (χ3n) is 4.82. The molecule has 1 aliphatic heterocycles. The molecule has 3 aromatic rings. The van der Waals surface area contributed by atoms with Gasteiger partial charge in [0.2, 0.25) is 0 Å². The van der Waals surface area contributed by atoms with Gasteiger partial charge < -0.3 is 4.74 Å². The summed E-state index contributed by atoms with van der Waals surface area (Å²) in [6.45, 7) is 6.86. The molecule has 0 N–H and O–H groups in total. The molecule has 3 aromatic carbocycles. The van der Waals surface area contributed by atoms with Crippen LogP contribution in [0.25, 0.3) is 11.1 Å². The highest BCUT2D eigenvalue weighted by Crippen LogP contribution is 2.49. The van der Waals surface area contributed by atoms with Crippen molar-refractivity contribution in [1.29, 1.82) is 0 Å². The molecule has 1 atom stereocenters. The Labute approximate surface area is 151 Å². The third kappa shape index (κ3) is 2.77. The molecular weight excluding hydrogens is 323 g/mol. The molecule has 0 amide bonds. The predicted octanol–water partition coefficient (Wildman–Crippen LogP) is 6.04. The highest BCUT2D eigenvalue weighted by atomic mass is 31.1. The Hall–Kier alpha value is -2.11. The number of ether oxygens (including phenoxy) is 1. The first-order chi connectivity index (χ1) is 12.2. The van der Waals surface area contributed by atoms with Crippen molar-refractivity contribution in [2.45, 2.75) is 26.7 Å². The lowest BCUT2D eigenvalue weighted by atomic mass is 9.92. The summed E-state index contributed by atoms with van der Waals surface area (Å²) < 4.78 is 6.32. The van der Waals surface area contributed by atoms with Crippen molar-refractivity contribution in [3.05, 3.63) is 72.3 Å². The third-order valence-corrected chi connectivity index (χ3v) is 7.39. The Morgan fingerprint density at radius 2 is 1.56 bits per heavy atom. The van der Waals surface area contributed by atoms with E-state index in [1.54, 1.807) is 0 Å². The van der Waals surface area contributed by atoms with E-state index in [9.17, 15) is 0 Å². The molecule has 25 heavy (non-hydrogen) atoms. The molecule has 0 bridgehead atoms. The van der Waals surface area contributed by atoms with Crippen molar-refractivity contribution < 1.29 is 4.74 Å². The molecule has 1 unspecified atom stereocenters. The molecule has 0 spiro atoms. The van der Waals surface area contributed by atoms with Gasteiger partial charge in [-0.2, -0.15) is 0 Å². The number of hydrogen-bond acceptors (Lipinski definition) is 1. The van der Waals surface area contributed by atoms with Crippen LogP contribution in [0, 0.1) is 0 Å². The van der Waals surface area contributed by atoms with Crippen molar-refractivity contribution in [3.63, 3.8) is 0 Å². The zero-order valence-corrected chi connectivity index (χ0v) is 15.9. The summed E-state index contributed by atoms with van der Waals surface area (Å²) in [5, 5.41) is 2.78. The summed E-state index contributed by atoms with van der Waals surface area (Å²) in [5.41, 5.74) is 4.09. The fourth-order valence-electron chi connectivity index (χ4n) is 3.66. The SMILES string of the molecule is CCP1c2ccccc2Oc2ccc(C(C)C)c(-c3ccccc3)c21. The van der Waals surface area contributed by atoms with Crippen molar-refractivity contribution in [1.82, 2.24) is 0 Å². The fourth-order valence-corrected chi connectivity index (χ4v) is 6.13. The van der Waals surface area contributed by atoms with Crippen LogP contribution in [0.1, 0.15) is 32.3 Å². The summed E-state index contributed by atoms with van der Waals surface area (Å²) in [5.74, 6) is 2.54. The lowest BCUT2D eigenvalue weighted by molar-refractivity contribution is 0.488. The minimum atomic E-state index is -0.412. The minimum Gasteiger partial charge on any atom is -0.456 e. The van der Waals surface area contributed by atoms with E-state index in [1.165, 1.54) is 27.3 Å². The van der Waals surface area contributed by atoms with Crippen LogP contribution in [0.15, 0.2) is 66.7 Å². The second kappa shape index (κ2) is 6.65. The van der Waals surface area contributed by atoms with Gasteiger partial charge in [-0.25, -0.2) is 0 Å². The monoisotopic (exact) mass is 346 g/mol. The quantitative estimate of drug-likeness (QED) is 0.526. The molecule has 2 heteroatoms. The van der Waals surface area contributed by atoms with E-state index in [1.807, 2.05) is 0 Å². The summed E-state index contributed by atoms with van der Waals surface area (Å²) in [6.07, 6.45) is 1.13. The summed E-state index contributed by atoms with van der Waals surface area (Å²) >= 11 is 0. The Morgan fingerprint density at radius 3 is 2.28 bits per heavy atom. The van der Waals surface area contributed by atoms with Crippen LogP contribution >= 0.6 is 7.92 Å². The van der Waals surface area contributed by atoms with Gasteiger partial charge in [0.05, 0.1) is 0 Å². The maximum absolute atomic E-state index is 6.32. The van der Waals surface area contributed by atoms with Crippen molar-refractivity contribution in [2.24, 2.45) is 0 Å². The summed E-state index contributed by atoms with van der Waals surface area (Å²) in [7, 11) is -0.412. The maximum atomic E-state index is 6.32. The first kappa shape index (κ1) is 16.4. The molecule has 0 aromatic heterocycles. The second-order valence-corrected chi connectivity index (χ2v) is 9.13. The van der Waals surface area contributed by atoms with Gasteiger partial charge in [0.1, 0.15) is 11.5 Å². The van der Waals surface area contributed by atoms with Crippen LogP contribution in [-0.2, 0) is 0 Å². The molecular formula is C23H23OP. The van der Waals surface area contributed by atoms with Gasteiger partial charge in [-0.15, -0.1) is 0 Å². The van der Waals surface area contributed by atoms with Gasteiger partial charge in [0, 0.05) is 10.6 Å². The van der Waals surface area contributed by atoms with Gasteiger partial charge in [0.25, 0.3) is 0 Å². The topological polar surface area (TPSA) is 9.23 Å². The molecule has 4 rings (SSSR count). The average Bonchev–Trinajstić information content (AvgIpc) is 2.65. The second-order valence-electron chi connectivity index (χ2n) is 6.71. The Kier molecular flexibility index (Phi) is 4.36. The smallest absolute Gasteiger partial charge is 0.136 e. The van der Waals surface area contributed by atoms with Gasteiger partial charge in [-0.05, 0) is 48.8 Å². The maximum Gasteiger partial charge on any atom is 0.136 e. The molecule has 1 aliphatic rings. The van der Waals surface area contributed by atoms with Crippen LogP contribution in [0.4, 0.5) is 0 Å². The largest absolute Gasteiger partial charge is 0.456 e. The normalized spacial score (nSPS) is 15.4. The van der Waals surface area contributed by atoms with Crippen molar-refractivity contribution >= 4 is 18.5 Å². The van der Waals surface area contributed by atoms with Crippen LogP contribution in [0.5, 0.6) is 11.5 Å². The van der Waals surface area contributed by atoms with E-state index in [0.717, 1.165) is 17.7 Å². The van der Waals surface area contributed by atoms with Gasteiger partial charge in [-0.3, -0.25) is 0 Å². The number of fused-ring (bicyclic) bond motifs is 2. The highest BCUT2D eigenvalue weighted by molar-refractivity contribution is 7.73. The summed E-state index contributed by atoms with van der Waals surface area (Å²) in [6, 6.07) is 23.8. The number of rotatable bonds is 3. The van der Waals surface area contributed by atoms with Gasteiger partial charge in [-0.1, -0.05) is 75.4 Å². The molecule has 1 nitrogen and oxygen atoms in total. The van der Waals surface area contributed by atoms with Crippen LogP contribution in [0.2, 0.25) is 0 Å². The van der Waals surface area contributed by atoms with Crippen LogP contribution in [0.3, 0.4) is 0 Å². The van der Waals surface area contributed by atoms with Crippen LogP contribution in [-0.4, -0.2) is 6.16 Å². The highest BCUT2D eigenvalue weighted by Gasteiger charge is 2.30. The lowest BCUT2D eigenvalue weighted by Gasteiger charge is -2.31. The summed E-state index contributed by atoms with van der Waals surface area (Å²) in [4.78, 5) is 0. The lowest BCUT2D eigenvalue weighted by Crippen LogP contribution is -2.25. The molecule has 0 radical (unpaired) electrons. The molecule has 0 aliphatic carbocycles. The molecule has 0 fully saturated rings. The number of para-hydroxylation sites is 1. The van der Waals surface area contributed by atoms with E-state index in [0.29, 0.717) is 5.92 Å². The van der Waals surface area contributed by atoms with E-state index in [-0.39, 0.29) is 0 Å². The number of benzene rings is 3. The Bertz CT molecular complexity index is 899. The van der Waals surface area contributed by atoms with E-state index in [4.69, 9.17) is 4.74 Å². The molecule has 126 valence electrons. The zero-order valence-electron chi connectivity index (χ0n) is 15.0. The van der Waals surface area contributed by atoms with Crippen molar-refractivity contribution in [3.8, 4) is 22.6 Å².